The van der Waals surface area contributed by atoms with Crippen LogP contribution in [-0.2, 0) is 4.79 Å². The van der Waals surface area contributed by atoms with Crippen molar-refractivity contribution >= 4 is 17.5 Å². The number of hydrogen-bond acceptors (Lipinski definition) is 2. The van der Waals surface area contributed by atoms with Crippen LogP contribution in [0.5, 0.6) is 5.75 Å². The zero-order valence-electron chi connectivity index (χ0n) is 14.6. The zero-order chi connectivity index (χ0) is 17.7. The Bertz CT molecular complexity index is 715. The molecule has 0 fully saturated rings. The number of para-hydroxylation sites is 1. The lowest BCUT2D eigenvalue weighted by molar-refractivity contribution is -0.128. The molecule has 2 atom stereocenters. The highest BCUT2D eigenvalue weighted by Crippen LogP contribution is 2.25. The molecule has 24 heavy (non-hydrogen) atoms. The van der Waals surface area contributed by atoms with Crippen molar-refractivity contribution in [2.75, 3.05) is 0 Å². The molecule has 128 valence electrons. The predicted octanol–water partition coefficient (Wildman–Crippen LogP) is 4.99. The number of carbonyl (C=O) groups excluding carboxylic acids is 1. The fourth-order valence-corrected chi connectivity index (χ4v) is 2.81. The Kier molecular flexibility index (Phi) is 6.27. The van der Waals surface area contributed by atoms with Crippen molar-refractivity contribution in [2.45, 2.75) is 46.3 Å². The molecule has 0 saturated carbocycles. The number of halogens is 1. The first-order valence-electron chi connectivity index (χ1n) is 8.21. The van der Waals surface area contributed by atoms with Crippen LogP contribution >= 0.6 is 11.6 Å². The van der Waals surface area contributed by atoms with Crippen LogP contribution in [0.15, 0.2) is 42.5 Å². The van der Waals surface area contributed by atoms with Crippen molar-refractivity contribution < 1.29 is 9.53 Å². The van der Waals surface area contributed by atoms with Crippen LogP contribution in [0, 0.1) is 13.8 Å². The van der Waals surface area contributed by atoms with Gasteiger partial charge in [0.05, 0.1) is 11.1 Å². The molecule has 0 unspecified atom stereocenters. The van der Waals surface area contributed by atoms with Crippen molar-refractivity contribution in [3.05, 3.63) is 64.2 Å². The summed E-state index contributed by atoms with van der Waals surface area (Å²) in [6.07, 6.45) is -0.00574. The maximum absolute atomic E-state index is 12.6. The molecular weight excluding hydrogens is 322 g/mol. The maximum Gasteiger partial charge on any atom is 0.261 e. The molecule has 3 nitrogen and oxygen atoms in total. The van der Waals surface area contributed by atoms with Gasteiger partial charge < -0.3 is 10.1 Å². The minimum absolute atomic E-state index is 0.0821. The van der Waals surface area contributed by atoms with Gasteiger partial charge in [0.1, 0.15) is 5.75 Å². The predicted molar refractivity (Wildman–Crippen MR) is 98.6 cm³/mol. The standard InChI is InChI=1S/C20H24ClNO2/c1-5-18(24-19-9-7-6-8-17(19)21)20(23)22-15(4)16-12-13(2)10-11-14(16)3/h6-12,15,18H,5H2,1-4H3,(H,22,23)/t15-,18+/m0/s1. The Morgan fingerprint density at radius 3 is 2.58 bits per heavy atom. The molecule has 0 aromatic heterocycles. The van der Waals surface area contributed by atoms with Gasteiger partial charge in [-0.15, -0.1) is 0 Å². The van der Waals surface area contributed by atoms with Crippen molar-refractivity contribution in [3.8, 4) is 5.75 Å². The van der Waals surface area contributed by atoms with Crippen LogP contribution in [-0.4, -0.2) is 12.0 Å². The molecule has 2 rings (SSSR count). The number of ether oxygens (including phenoxy) is 1. The molecular formula is C20H24ClNO2. The molecule has 0 saturated heterocycles. The summed E-state index contributed by atoms with van der Waals surface area (Å²) in [4.78, 5) is 12.6. The van der Waals surface area contributed by atoms with Gasteiger partial charge in [0, 0.05) is 0 Å². The van der Waals surface area contributed by atoms with E-state index >= 15 is 0 Å². The molecule has 1 amide bonds. The third-order valence-corrected chi connectivity index (χ3v) is 4.34. The Morgan fingerprint density at radius 2 is 1.92 bits per heavy atom. The van der Waals surface area contributed by atoms with E-state index in [0.717, 1.165) is 11.1 Å². The third kappa shape index (κ3) is 4.51. The second-order valence-electron chi connectivity index (χ2n) is 6.04. The highest BCUT2D eigenvalue weighted by atomic mass is 35.5. The molecule has 0 spiro atoms. The quantitative estimate of drug-likeness (QED) is 0.800. The van der Waals surface area contributed by atoms with Crippen molar-refractivity contribution in [3.63, 3.8) is 0 Å². The van der Waals surface area contributed by atoms with Gasteiger partial charge in [-0.25, -0.2) is 0 Å². The van der Waals surface area contributed by atoms with Gasteiger partial charge in [-0.1, -0.05) is 54.4 Å². The highest BCUT2D eigenvalue weighted by molar-refractivity contribution is 6.32. The number of aryl methyl sites for hydroxylation is 2. The molecule has 2 aromatic carbocycles. The van der Waals surface area contributed by atoms with Crippen molar-refractivity contribution in [1.82, 2.24) is 5.32 Å². The summed E-state index contributed by atoms with van der Waals surface area (Å²) in [6.45, 7) is 8.01. The van der Waals surface area contributed by atoms with Gasteiger partial charge in [0.2, 0.25) is 0 Å². The fourth-order valence-electron chi connectivity index (χ4n) is 2.63. The normalized spacial score (nSPS) is 13.2. The molecule has 0 bridgehead atoms. The highest BCUT2D eigenvalue weighted by Gasteiger charge is 2.22. The van der Waals surface area contributed by atoms with Crippen LogP contribution in [0.4, 0.5) is 0 Å². The molecule has 0 aliphatic rings. The Balaban J connectivity index is 2.09. The van der Waals surface area contributed by atoms with Crippen LogP contribution < -0.4 is 10.1 Å². The van der Waals surface area contributed by atoms with E-state index < -0.39 is 6.10 Å². The van der Waals surface area contributed by atoms with Gasteiger partial charge in [-0.3, -0.25) is 4.79 Å². The van der Waals surface area contributed by atoms with Crippen LogP contribution in [0.1, 0.15) is 43.0 Å². The van der Waals surface area contributed by atoms with Crippen LogP contribution in [0.25, 0.3) is 0 Å². The number of carbonyl (C=O) groups is 1. The smallest absolute Gasteiger partial charge is 0.261 e. The van der Waals surface area contributed by atoms with Gasteiger partial charge in [0.25, 0.3) is 5.91 Å². The molecule has 4 heteroatoms. The SMILES string of the molecule is CC[C@@H](Oc1ccccc1Cl)C(=O)N[C@@H](C)c1cc(C)ccc1C. The van der Waals surface area contributed by atoms with Crippen LogP contribution in [0.3, 0.4) is 0 Å². The summed E-state index contributed by atoms with van der Waals surface area (Å²) in [5, 5.41) is 3.55. The first kappa shape index (κ1) is 18.3. The largest absolute Gasteiger partial charge is 0.479 e. The monoisotopic (exact) mass is 345 g/mol. The van der Waals surface area contributed by atoms with E-state index in [9.17, 15) is 4.79 Å². The molecule has 2 aromatic rings. The molecule has 0 aliphatic heterocycles. The summed E-state index contributed by atoms with van der Waals surface area (Å²) >= 11 is 6.11. The minimum Gasteiger partial charge on any atom is -0.479 e. The van der Waals surface area contributed by atoms with Crippen molar-refractivity contribution in [1.29, 1.82) is 0 Å². The number of hydrogen-bond donors (Lipinski definition) is 1. The third-order valence-electron chi connectivity index (χ3n) is 4.03. The lowest BCUT2D eigenvalue weighted by Gasteiger charge is -2.22. The van der Waals surface area contributed by atoms with Crippen molar-refractivity contribution in [2.24, 2.45) is 0 Å². The summed E-state index contributed by atoms with van der Waals surface area (Å²) in [6, 6.07) is 13.4. The first-order valence-corrected chi connectivity index (χ1v) is 8.59. The average molecular weight is 346 g/mol. The topological polar surface area (TPSA) is 38.3 Å². The van der Waals surface area contributed by atoms with Gasteiger partial charge in [-0.2, -0.15) is 0 Å². The fraction of sp³-hybridized carbons (Fsp3) is 0.350. The second kappa shape index (κ2) is 8.20. The number of amides is 1. The molecule has 0 heterocycles. The van der Waals surface area contributed by atoms with Gasteiger partial charge in [0.15, 0.2) is 6.10 Å². The molecule has 1 N–H and O–H groups in total. The van der Waals surface area contributed by atoms with Crippen LogP contribution in [0.2, 0.25) is 5.02 Å². The lowest BCUT2D eigenvalue weighted by atomic mass is 10.00. The second-order valence-corrected chi connectivity index (χ2v) is 6.44. The molecule has 0 aliphatic carbocycles. The van der Waals surface area contributed by atoms with E-state index in [-0.39, 0.29) is 11.9 Å². The maximum atomic E-state index is 12.6. The van der Waals surface area contributed by atoms with Gasteiger partial charge >= 0.3 is 0 Å². The Hall–Kier alpha value is -2.00. The van der Waals surface area contributed by atoms with E-state index in [2.05, 4.69) is 30.4 Å². The van der Waals surface area contributed by atoms with E-state index in [1.807, 2.05) is 32.9 Å². The van der Waals surface area contributed by atoms with Gasteiger partial charge in [-0.05, 0) is 50.5 Å². The Morgan fingerprint density at radius 1 is 1.21 bits per heavy atom. The Labute approximate surface area is 149 Å². The number of rotatable bonds is 6. The minimum atomic E-state index is -0.572. The van der Waals surface area contributed by atoms with E-state index in [4.69, 9.17) is 16.3 Å². The summed E-state index contributed by atoms with van der Waals surface area (Å²) in [7, 11) is 0. The molecule has 0 radical (unpaired) electrons. The summed E-state index contributed by atoms with van der Waals surface area (Å²) in [5.41, 5.74) is 3.46. The zero-order valence-corrected chi connectivity index (χ0v) is 15.4. The van der Waals surface area contributed by atoms with E-state index in [1.54, 1.807) is 12.1 Å². The lowest BCUT2D eigenvalue weighted by Crippen LogP contribution is -2.39. The average Bonchev–Trinajstić information content (AvgIpc) is 2.56. The number of nitrogens with one attached hydrogen (secondary N) is 1. The summed E-state index contributed by atoms with van der Waals surface area (Å²) < 4.78 is 5.80. The number of benzene rings is 2. The first-order chi connectivity index (χ1) is 11.4. The summed E-state index contributed by atoms with van der Waals surface area (Å²) in [5.74, 6) is 0.395. The van der Waals surface area contributed by atoms with E-state index in [0.29, 0.717) is 17.2 Å². The van der Waals surface area contributed by atoms with E-state index in [1.165, 1.54) is 5.56 Å².